The second-order valence-corrected chi connectivity index (χ2v) is 5.19. The summed E-state index contributed by atoms with van der Waals surface area (Å²) >= 11 is 5.76. The number of nitrogens with one attached hydrogen (secondary N) is 1. The van der Waals surface area contributed by atoms with Crippen molar-refractivity contribution in [2.75, 3.05) is 0 Å². The van der Waals surface area contributed by atoms with Gasteiger partial charge in [-0.1, -0.05) is 29.3 Å². The number of carbonyl (C=O) groups is 2. The first kappa shape index (κ1) is 15.9. The van der Waals surface area contributed by atoms with Gasteiger partial charge in [-0.05, 0) is 43.3 Å². The van der Waals surface area contributed by atoms with Gasteiger partial charge < -0.3 is 0 Å². The number of ketones is 1. The van der Waals surface area contributed by atoms with Crippen LogP contribution in [0.3, 0.4) is 0 Å². The zero-order valence-electron chi connectivity index (χ0n) is 12.0. The highest BCUT2D eigenvalue weighted by atomic mass is 35.5. The lowest BCUT2D eigenvalue weighted by Crippen LogP contribution is -2.17. The van der Waals surface area contributed by atoms with Crippen molar-refractivity contribution < 1.29 is 9.59 Å². The van der Waals surface area contributed by atoms with E-state index in [2.05, 4.69) is 10.5 Å². The van der Waals surface area contributed by atoms with Crippen LogP contribution in [0.5, 0.6) is 0 Å². The van der Waals surface area contributed by atoms with Crippen molar-refractivity contribution in [1.29, 1.82) is 0 Å². The molecule has 0 radical (unpaired) electrons. The van der Waals surface area contributed by atoms with Crippen molar-refractivity contribution >= 4 is 29.5 Å². The molecule has 0 unspecified atom stereocenters. The van der Waals surface area contributed by atoms with Gasteiger partial charge in [-0.2, -0.15) is 5.10 Å². The Hall–Kier alpha value is -2.46. The lowest BCUT2D eigenvalue weighted by molar-refractivity contribution is 0.0951. The van der Waals surface area contributed by atoms with E-state index >= 15 is 0 Å². The first-order valence-corrected chi connectivity index (χ1v) is 7.11. The second-order valence-electron chi connectivity index (χ2n) is 4.75. The van der Waals surface area contributed by atoms with Crippen molar-refractivity contribution in [1.82, 2.24) is 5.43 Å². The Morgan fingerprint density at radius 1 is 1.05 bits per heavy atom. The minimum absolute atomic E-state index is 0.0926. The number of benzene rings is 2. The summed E-state index contributed by atoms with van der Waals surface area (Å²) in [4.78, 5) is 23.6. The molecule has 0 fully saturated rings. The van der Waals surface area contributed by atoms with E-state index in [1.807, 2.05) is 19.1 Å². The van der Waals surface area contributed by atoms with Crippen LogP contribution < -0.4 is 5.43 Å². The lowest BCUT2D eigenvalue weighted by atomic mass is 10.1. The SMILES string of the molecule is Cc1ccc(C(=O)N/N=C\CC(=O)c2ccc(Cl)cc2)cc1. The van der Waals surface area contributed by atoms with Gasteiger partial charge in [0.2, 0.25) is 0 Å². The number of hydrazone groups is 1. The minimum atomic E-state index is -0.310. The fourth-order valence-corrected chi connectivity index (χ4v) is 1.88. The highest BCUT2D eigenvalue weighted by Gasteiger charge is 2.05. The maximum atomic E-state index is 11.9. The predicted molar refractivity (Wildman–Crippen MR) is 87.5 cm³/mol. The smallest absolute Gasteiger partial charge is 0.271 e. The van der Waals surface area contributed by atoms with Gasteiger partial charge in [0.15, 0.2) is 5.78 Å². The molecule has 112 valence electrons. The topological polar surface area (TPSA) is 58.5 Å². The summed E-state index contributed by atoms with van der Waals surface area (Å²) in [6, 6.07) is 13.8. The summed E-state index contributed by atoms with van der Waals surface area (Å²) in [5.74, 6) is -0.403. The monoisotopic (exact) mass is 314 g/mol. The van der Waals surface area contributed by atoms with Crippen LogP contribution in [0.1, 0.15) is 32.7 Å². The molecular formula is C17H15ClN2O2. The molecule has 5 heteroatoms. The standard InChI is InChI=1S/C17H15ClN2O2/c1-12-2-4-14(5-3-12)17(22)20-19-11-10-16(21)13-6-8-15(18)9-7-13/h2-9,11H,10H2,1H3,(H,20,22)/b19-11-. The quantitative estimate of drug-likeness (QED) is 0.520. The van der Waals surface area contributed by atoms with Crippen LogP contribution in [0, 0.1) is 6.92 Å². The summed E-state index contributed by atoms with van der Waals surface area (Å²) < 4.78 is 0. The fraction of sp³-hybridized carbons (Fsp3) is 0.118. The zero-order valence-corrected chi connectivity index (χ0v) is 12.8. The third kappa shape index (κ3) is 4.53. The Kier molecular flexibility index (Phi) is 5.44. The fourth-order valence-electron chi connectivity index (χ4n) is 1.76. The predicted octanol–water partition coefficient (Wildman–Crippen LogP) is 3.64. The average Bonchev–Trinajstić information content (AvgIpc) is 2.52. The van der Waals surface area contributed by atoms with Crippen LogP contribution in [0.15, 0.2) is 53.6 Å². The van der Waals surface area contributed by atoms with E-state index in [4.69, 9.17) is 11.6 Å². The first-order valence-electron chi connectivity index (χ1n) is 6.73. The number of halogens is 1. The summed E-state index contributed by atoms with van der Waals surface area (Å²) in [5, 5.41) is 4.36. The highest BCUT2D eigenvalue weighted by molar-refractivity contribution is 6.30. The minimum Gasteiger partial charge on any atom is -0.294 e. The van der Waals surface area contributed by atoms with Crippen LogP contribution in [-0.4, -0.2) is 17.9 Å². The normalized spacial score (nSPS) is 10.6. The van der Waals surface area contributed by atoms with E-state index in [-0.39, 0.29) is 18.1 Å². The Balaban J connectivity index is 1.85. The van der Waals surface area contributed by atoms with Crippen molar-refractivity contribution in [3.05, 3.63) is 70.2 Å². The molecular weight excluding hydrogens is 300 g/mol. The molecule has 1 N–H and O–H groups in total. The van der Waals surface area contributed by atoms with Gasteiger partial charge in [0.1, 0.15) is 0 Å². The number of hydrogen-bond acceptors (Lipinski definition) is 3. The molecule has 0 bridgehead atoms. The van der Waals surface area contributed by atoms with Crippen molar-refractivity contribution in [3.8, 4) is 0 Å². The van der Waals surface area contributed by atoms with E-state index in [9.17, 15) is 9.59 Å². The molecule has 0 spiro atoms. The second kappa shape index (κ2) is 7.52. The van der Waals surface area contributed by atoms with Crippen LogP contribution in [0.25, 0.3) is 0 Å². The van der Waals surface area contributed by atoms with E-state index in [1.54, 1.807) is 36.4 Å². The summed E-state index contributed by atoms with van der Waals surface area (Å²) in [5.41, 5.74) is 4.55. The average molecular weight is 315 g/mol. The molecule has 1 amide bonds. The third-order valence-electron chi connectivity index (χ3n) is 3.01. The largest absolute Gasteiger partial charge is 0.294 e. The molecule has 22 heavy (non-hydrogen) atoms. The number of Topliss-reactive ketones (excluding diaryl/α,β-unsaturated/α-hetero) is 1. The number of aryl methyl sites for hydroxylation is 1. The van der Waals surface area contributed by atoms with Crippen LogP contribution in [-0.2, 0) is 0 Å². The highest BCUT2D eigenvalue weighted by Crippen LogP contribution is 2.10. The molecule has 2 aromatic rings. The first-order chi connectivity index (χ1) is 10.6. The van der Waals surface area contributed by atoms with Gasteiger partial charge in [0, 0.05) is 28.8 Å². The Morgan fingerprint density at radius 3 is 2.27 bits per heavy atom. The van der Waals surface area contributed by atoms with Gasteiger partial charge in [-0.3, -0.25) is 9.59 Å². The molecule has 0 saturated heterocycles. The zero-order chi connectivity index (χ0) is 15.9. The molecule has 0 aliphatic heterocycles. The van der Waals surface area contributed by atoms with Crippen molar-refractivity contribution in [2.45, 2.75) is 13.3 Å². The lowest BCUT2D eigenvalue weighted by Gasteiger charge is -2.00. The molecule has 2 rings (SSSR count). The van der Waals surface area contributed by atoms with Gasteiger partial charge >= 0.3 is 0 Å². The maximum absolute atomic E-state index is 11.9. The summed E-state index contributed by atoms with van der Waals surface area (Å²) in [6.07, 6.45) is 1.48. The molecule has 0 aliphatic rings. The van der Waals surface area contributed by atoms with Gasteiger partial charge in [-0.25, -0.2) is 5.43 Å². The number of rotatable bonds is 5. The van der Waals surface area contributed by atoms with Gasteiger partial charge in [0.25, 0.3) is 5.91 Å². The van der Waals surface area contributed by atoms with Crippen LogP contribution >= 0.6 is 11.6 Å². The van der Waals surface area contributed by atoms with Gasteiger partial charge in [-0.15, -0.1) is 0 Å². The number of nitrogens with zero attached hydrogens (tertiary/aromatic N) is 1. The third-order valence-corrected chi connectivity index (χ3v) is 3.27. The molecule has 0 heterocycles. The van der Waals surface area contributed by atoms with Gasteiger partial charge in [0.05, 0.1) is 0 Å². The molecule has 0 saturated carbocycles. The van der Waals surface area contributed by atoms with Crippen molar-refractivity contribution in [2.24, 2.45) is 5.10 Å². The Bertz CT molecular complexity index is 630. The Morgan fingerprint density at radius 2 is 1.64 bits per heavy atom. The molecule has 4 nitrogen and oxygen atoms in total. The number of amides is 1. The van der Waals surface area contributed by atoms with E-state index in [1.165, 1.54) is 6.21 Å². The number of carbonyl (C=O) groups excluding carboxylic acids is 2. The van der Waals surface area contributed by atoms with E-state index < -0.39 is 0 Å². The molecule has 0 aliphatic carbocycles. The van der Waals surface area contributed by atoms with Crippen LogP contribution in [0.2, 0.25) is 5.02 Å². The molecule has 2 aromatic carbocycles. The number of hydrogen-bond donors (Lipinski definition) is 1. The van der Waals surface area contributed by atoms with Crippen molar-refractivity contribution in [3.63, 3.8) is 0 Å². The molecule has 0 aromatic heterocycles. The van der Waals surface area contributed by atoms with E-state index in [0.29, 0.717) is 16.1 Å². The summed E-state index contributed by atoms with van der Waals surface area (Å²) in [6.45, 7) is 1.95. The van der Waals surface area contributed by atoms with E-state index in [0.717, 1.165) is 5.56 Å². The van der Waals surface area contributed by atoms with Crippen LogP contribution in [0.4, 0.5) is 0 Å². The maximum Gasteiger partial charge on any atom is 0.271 e. The summed E-state index contributed by atoms with van der Waals surface area (Å²) in [7, 11) is 0. The molecule has 0 atom stereocenters. The Labute approximate surface area is 133 Å².